The summed E-state index contributed by atoms with van der Waals surface area (Å²) in [7, 11) is 0. The summed E-state index contributed by atoms with van der Waals surface area (Å²) in [4.78, 5) is 40.7. The van der Waals surface area contributed by atoms with Gasteiger partial charge in [0.25, 0.3) is 5.69 Å². The van der Waals surface area contributed by atoms with Crippen molar-refractivity contribution in [2.75, 3.05) is 0 Å². The largest absolute Gasteiger partial charge is 0.481 e. The first-order valence-corrected chi connectivity index (χ1v) is 12.6. The summed E-state index contributed by atoms with van der Waals surface area (Å²) in [6.07, 6.45) is 6.43. The summed E-state index contributed by atoms with van der Waals surface area (Å²) in [6.45, 7) is 1.61. The van der Waals surface area contributed by atoms with Crippen LogP contribution in [0.1, 0.15) is 48.1 Å². The second-order valence-corrected chi connectivity index (χ2v) is 10.2. The van der Waals surface area contributed by atoms with E-state index in [4.69, 9.17) is 0 Å². The maximum atomic E-state index is 13.2. The first-order chi connectivity index (χ1) is 18.3. The first-order valence-electron chi connectivity index (χ1n) is 12.6. The number of hydrogen-bond acceptors (Lipinski definition) is 4. The van der Waals surface area contributed by atoms with Gasteiger partial charge in [-0.15, -0.1) is 0 Å². The van der Waals surface area contributed by atoms with Crippen LogP contribution in [-0.2, 0) is 17.6 Å². The minimum atomic E-state index is -1.58. The molecule has 190 valence electrons. The number of rotatable bonds is 4. The van der Waals surface area contributed by atoms with Crippen molar-refractivity contribution < 1.29 is 19.6 Å². The normalized spacial score (nSPS) is 18.9. The fourth-order valence-corrected chi connectivity index (χ4v) is 6.29. The molecule has 2 atom stereocenters. The van der Waals surface area contributed by atoms with E-state index in [-0.39, 0.29) is 5.69 Å². The number of carboxylic acid groups (broad SMARTS) is 1. The van der Waals surface area contributed by atoms with Crippen LogP contribution in [0.3, 0.4) is 0 Å². The number of aliphatic imine (C=N–C) groups is 1. The molecule has 8 heteroatoms. The molecule has 8 nitrogen and oxygen atoms in total. The smallest absolute Gasteiger partial charge is 0.341 e. The van der Waals surface area contributed by atoms with Gasteiger partial charge in [-0.2, -0.15) is 0 Å². The fourth-order valence-electron chi connectivity index (χ4n) is 6.29. The van der Waals surface area contributed by atoms with Crippen molar-refractivity contribution in [3.05, 3.63) is 108 Å². The van der Waals surface area contributed by atoms with Gasteiger partial charge in [-0.3, -0.25) is 14.9 Å². The third-order valence-electron chi connectivity index (χ3n) is 8.22. The average molecular weight is 508 g/mol. The Morgan fingerprint density at radius 3 is 2.66 bits per heavy atom. The minimum absolute atomic E-state index is 0.177. The topological polar surface area (TPSA) is 122 Å². The van der Waals surface area contributed by atoms with Crippen LogP contribution in [0.5, 0.6) is 0 Å². The number of nitro benzene ring substituents is 1. The number of nitrogens with one attached hydrogen (secondary N) is 1. The molecule has 3 aliphatic rings. The lowest BCUT2D eigenvalue weighted by molar-refractivity contribution is -0.385. The maximum absolute atomic E-state index is 13.2. The van der Waals surface area contributed by atoms with Gasteiger partial charge in [0, 0.05) is 18.3 Å². The van der Waals surface area contributed by atoms with Crippen molar-refractivity contribution in [3.8, 4) is 0 Å². The predicted molar refractivity (Wildman–Crippen MR) is 142 cm³/mol. The third kappa shape index (κ3) is 3.55. The van der Waals surface area contributed by atoms with E-state index < -0.39 is 28.4 Å². The zero-order valence-corrected chi connectivity index (χ0v) is 20.7. The van der Waals surface area contributed by atoms with E-state index in [9.17, 15) is 24.8 Å². The molecule has 0 spiro atoms. The first kappa shape index (κ1) is 23.8. The van der Waals surface area contributed by atoms with Crippen LogP contribution in [-0.4, -0.2) is 28.2 Å². The van der Waals surface area contributed by atoms with Gasteiger partial charge in [0.2, 0.25) is 0 Å². The number of urea groups is 1. The number of nitrogens with zero attached hydrogens (tertiary/aromatic N) is 2. The molecular weight excluding hydrogens is 482 g/mol. The summed E-state index contributed by atoms with van der Waals surface area (Å²) < 4.78 is 0. The highest BCUT2D eigenvalue weighted by atomic mass is 16.6. The van der Waals surface area contributed by atoms with Gasteiger partial charge < -0.3 is 10.4 Å². The number of hydrogen-bond donors (Lipinski definition) is 2. The number of amides is 2. The van der Waals surface area contributed by atoms with Gasteiger partial charge in [0.05, 0.1) is 11.0 Å². The molecule has 1 aliphatic heterocycles. The molecule has 0 saturated carbocycles. The lowest BCUT2D eigenvalue weighted by atomic mass is 9.67. The Morgan fingerprint density at radius 2 is 1.87 bits per heavy atom. The van der Waals surface area contributed by atoms with E-state index in [1.807, 2.05) is 18.2 Å². The molecule has 1 heterocycles. The van der Waals surface area contributed by atoms with Crippen LogP contribution in [0.2, 0.25) is 0 Å². The van der Waals surface area contributed by atoms with Crippen molar-refractivity contribution in [2.45, 2.75) is 38.6 Å². The average Bonchev–Trinajstić information content (AvgIpc) is 3.10. The zero-order chi connectivity index (χ0) is 26.6. The molecule has 6 rings (SSSR count). The molecule has 2 amide bonds. The quantitative estimate of drug-likeness (QED) is 0.412. The molecule has 2 aliphatic carbocycles. The molecule has 0 bridgehead atoms. The Hall–Kier alpha value is -4.59. The van der Waals surface area contributed by atoms with Crippen LogP contribution < -0.4 is 15.8 Å². The summed E-state index contributed by atoms with van der Waals surface area (Å²) in [5.74, 6) is -1.11. The highest BCUT2D eigenvalue weighted by Crippen LogP contribution is 2.46. The lowest BCUT2D eigenvalue weighted by Crippen LogP contribution is -2.46. The Labute approximate surface area is 217 Å². The zero-order valence-electron chi connectivity index (χ0n) is 20.7. The Morgan fingerprint density at radius 1 is 1.08 bits per heavy atom. The van der Waals surface area contributed by atoms with Gasteiger partial charge in [0.15, 0.2) is 0 Å². The molecule has 38 heavy (non-hydrogen) atoms. The van der Waals surface area contributed by atoms with Crippen LogP contribution >= 0.6 is 0 Å². The van der Waals surface area contributed by atoms with E-state index in [2.05, 4.69) is 34.6 Å². The molecular formula is C30H25N3O5. The van der Waals surface area contributed by atoms with Crippen molar-refractivity contribution >= 4 is 35.6 Å². The highest BCUT2D eigenvalue weighted by molar-refractivity contribution is 5.97. The molecule has 3 aromatic rings. The Bertz CT molecular complexity index is 1810. The fraction of sp³-hybridized carbons (Fsp3) is 0.233. The number of carbonyl (C=O) groups excluding carboxylic acids is 1. The second kappa shape index (κ2) is 8.76. The van der Waals surface area contributed by atoms with E-state index in [1.165, 1.54) is 40.4 Å². The summed E-state index contributed by atoms with van der Waals surface area (Å²) in [6, 6.07) is 14.8. The van der Waals surface area contributed by atoms with Crippen molar-refractivity contribution in [1.29, 1.82) is 0 Å². The minimum Gasteiger partial charge on any atom is -0.481 e. The van der Waals surface area contributed by atoms with Gasteiger partial charge >= 0.3 is 12.0 Å². The summed E-state index contributed by atoms with van der Waals surface area (Å²) in [5.41, 5.74) is 2.12. The molecule has 3 aromatic carbocycles. The van der Waals surface area contributed by atoms with Crippen LogP contribution in [0, 0.1) is 26.0 Å². The van der Waals surface area contributed by atoms with E-state index in [1.54, 1.807) is 6.92 Å². The third-order valence-corrected chi connectivity index (χ3v) is 8.22. The summed E-state index contributed by atoms with van der Waals surface area (Å²) in [5, 5.41) is 29.5. The highest BCUT2D eigenvalue weighted by Gasteiger charge is 2.48. The number of fused-ring (bicyclic) bond motifs is 5. The molecule has 2 unspecified atom stereocenters. The van der Waals surface area contributed by atoms with Crippen molar-refractivity contribution in [1.82, 2.24) is 5.32 Å². The maximum Gasteiger partial charge on any atom is 0.341 e. The van der Waals surface area contributed by atoms with Crippen molar-refractivity contribution in [2.24, 2.45) is 10.4 Å². The van der Waals surface area contributed by atoms with Gasteiger partial charge in [-0.05, 0) is 87.4 Å². The Kier molecular flexibility index (Phi) is 5.48. The molecule has 2 N–H and O–H groups in total. The van der Waals surface area contributed by atoms with Crippen molar-refractivity contribution in [3.63, 3.8) is 0 Å². The van der Waals surface area contributed by atoms with Crippen LogP contribution in [0.25, 0.3) is 11.6 Å². The van der Waals surface area contributed by atoms with Crippen LogP contribution in [0.4, 0.5) is 10.5 Å². The molecule has 0 radical (unpaired) electrons. The molecule has 0 fully saturated rings. The van der Waals surface area contributed by atoms with Gasteiger partial charge in [0.1, 0.15) is 5.41 Å². The SMILES string of the molecule is CC(C(=O)O)(C1=c2ccc3c(c2CCC1)CC=c1ccccc1=3)C1NC(=O)N=Cc2ccc([N+](=O)[O-])cc21. The van der Waals surface area contributed by atoms with Crippen LogP contribution in [0.15, 0.2) is 59.6 Å². The summed E-state index contributed by atoms with van der Waals surface area (Å²) >= 11 is 0. The number of non-ortho nitro benzene ring substituents is 1. The predicted octanol–water partition coefficient (Wildman–Crippen LogP) is 3.68. The standard InChI is InChI=1S/C30H25N3O5/c1-30(28(34)35,27-25-15-19(33(37)38)11-9-18(25)16-31-29(36)32-27)26-8-4-7-21-23-12-10-17-5-2-3-6-20(17)22(23)13-14-24(21)26/h2-3,5-6,9-11,13-16,27H,4,7-8,12H2,1H3,(H,32,36)(H,34,35). The van der Waals surface area contributed by atoms with E-state index in [0.29, 0.717) is 23.1 Å². The number of benzene rings is 3. The monoisotopic (exact) mass is 507 g/mol. The molecule has 0 saturated heterocycles. The van der Waals surface area contributed by atoms with E-state index >= 15 is 0 Å². The lowest BCUT2D eigenvalue weighted by Gasteiger charge is -2.38. The second-order valence-electron chi connectivity index (χ2n) is 10.2. The van der Waals surface area contributed by atoms with E-state index in [0.717, 1.165) is 35.3 Å². The number of aliphatic carboxylic acids is 1. The van der Waals surface area contributed by atoms with Gasteiger partial charge in [-0.1, -0.05) is 42.5 Å². The number of carboxylic acids is 1. The van der Waals surface area contributed by atoms with Gasteiger partial charge in [-0.25, -0.2) is 9.79 Å². The Balaban J connectivity index is 1.64. The molecule has 0 aromatic heterocycles. The number of nitro groups is 1. The number of carbonyl (C=O) groups is 2.